The second kappa shape index (κ2) is 6.87. The van der Waals surface area contributed by atoms with Gasteiger partial charge in [-0.1, -0.05) is 29.3 Å². The van der Waals surface area contributed by atoms with Gasteiger partial charge in [0.1, 0.15) is 0 Å². The van der Waals surface area contributed by atoms with Crippen LogP contribution in [0.3, 0.4) is 0 Å². The molecule has 0 radical (unpaired) electrons. The van der Waals surface area contributed by atoms with E-state index in [1.54, 1.807) is 6.07 Å². The van der Waals surface area contributed by atoms with E-state index in [-0.39, 0.29) is 5.56 Å². The molecule has 1 saturated heterocycles. The number of rotatable bonds is 5. The fourth-order valence-electron chi connectivity index (χ4n) is 3.24. The molecule has 0 amide bonds. The SMILES string of the molecule is O=c1c2ccn(Cc3ccc(Cl)c(Cl)c3)c2ccn1CCN1CCC1. The van der Waals surface area contributed by atoms with Crippen molar-refractivity contribution in [2.45, 2.75) is 19.5 Å². The van der Waals surface area contributed by atoms with E-state index in [9.17, 15) is 4.79 Å². The standard InChI is InChI=1S/C19H19Cl2N3O/c20-16-3-2-14(12-17(16)21)13-24-8-4-15-18(24)5-9-23(19(15)25)11-10-22-6-1-7-22/h2-5,8-9,12H,1,6-7,10-11,13H2. The van der Waals surface area contributed by atoms with Crippen molar-refractivity contribution in [2.75, 3.05) is 19.6 Å². The molecule has 1 aliphatic heterocycles. The highest BCUT2D eigenvalue weighted by atomic mass is 35.5. The zero-order valence-electron chi connectivity index (χ0n) is 13.8. The summed E-state index contributed by atoms with van der Waals surface area (Å²) in [5.41, 5.74) is 2.07. The lowest BCUT2D eigenvalue weighted by atomic mass is 10.2. The van der Waals surface area contributed by atoms with Crippen LogP contribution in [0.1, 0.15) is 12.0 Å². The van der Waals surface area contributed by atoms with E-state index < -0.39 is 0 Å². The number of pyridine rings is 1. The third-order valence-electron chi connectivity index (χ3n) is 4.85. The van der Waals surface area contributed by atoms with Crippen LogP contribution in [0.2, 0.25) is 10.0 Å². The summed E-state index contributed by atoms with van der Waals surface area (Å²) in [6.45, 7) is 4.63. The molecule has 3 heterocycles. The summed E-state index contributed by atoms with van der Waals surface area (Å²) in [6.07, 6.45) is 5.12. The maximum Gasteiger partial charge on any atom is 0.260 e. The van der Waals surface area contributed by atoms with E-state index in [1.165, 1.54) is 6.42 Å². The molecule has 0 saturated carbocycles. The van der Waals surface area contributed by atoms with Crippen molar-refractivity contribution in [3.8, 4) is 0 Å². The zero-order chi connectivity index (χ0) is 17.4. The third kappa shape index (κ3) is 3.34. The van der Waals surface area contributed by atoms with Crippen LogP contribution < -0.4 is 5.56 Å². The Morgan fingerprint density at radius 2 is 1.72 bits per heavy atom. The number of hydrogen-bond donors (Lipinski definition) is 0. The monoisotopic (exact) mass is 375 g/mol. The number of halogens is 2. The summed E-state index contributed by atoms with van der Waals surface area (Å²) in [5.74, 6) is 0. The minimum absolute atomic E-state index is 0.0749. The van der Waals surface area contributed by atoms with Gasteiger partial charge >= 0.3 is 0 Å². The van der Waals surface area contributed by atoms with Gasteiger partial charge in [-0.2, -0.15) is 0 Å². The van der Waals surface area contributed by atoms with Crippen molar-refractivity contribution < 1.29 is 0 Å². The van der Waals surface area contributed by atoms with Gasteiger partial charge in [-0.15, -0.1) is 0 Å². The Morgan fingerprint density at radius 1 is 0.920 bits per heavy atom. The van der Waals surface area contributed by atoms with Crippen LogP contribution in [0.4, 0.5) is 0 Å². The first kappa shape index (κ1) is 16.7. The first-order valence-corrected chi connectivity index (χ1v) is 9.22. The molecule has 1 aliphatic rings. The first-order chi connectivity index (χ1) is 12.1. The van der Waals surface area contributed by atoms with Crippen molar-refractivity contribution in [1.82, 2.24) is 14.0 Å². The molecule has 4 nitrogen and oxygen atoms in total. The summed E-state index contributed by atoms with van der Waals surface area (Å²) in [7, 11) is 0. The summed E-state index contributed by atoms with van der Waals surface area (Å²) in [6, 6.07) is 9.53. The third-order valence-corrected chi connectivity index (χ3v) is 5.59. The Hall–Kier alpha value is -1.75. The molecule has 0 aliphatic carbocycles. The molecule has 130 valence electrons. The predicted molar refractivity (Wildman–Crippen MR) is 103 cm³/mol. The molecule has 1 fully saturated rings. The Morgan fingerprint density at radius 3 is 2.44 bits per heavy atom. The molecular formula is C19H19Cl2N3O. The molecule has 1 aromatic carbocycles. The Kier molecular flexibility index (Phi) is 4.59. The highest BCUT2D eigenvalue weighted by Crippen LogP contribution is 2.23. The van der Waals surface area contributed by atoms with Gasteiger partial charge in [0.2, 0.25) is 0 Å². The van der Waals surface area contributed by atoms with Gasteiger partial charge in [0, 0.05) is 32.0 Å². The van der Waals surface area contributed by atoms with E-state index in [0.717, 1.165) is 42.6 Å². The largest absolute Gasteiger partial charge is 0.343 e. The molecular weight excluding hydrogens is 357 g/mol. The number of fused-ring (bicyclic) bond motifs is 1. The van der Waals surface area contributed by atoms with Crippen LogP contribution in [0.5, 0.6) is 0 Å². The van der Waals surface area contributed by atoms with Crippen LogP contribution in [-0.4, -0.2) is 33.7 Å². The average Bonchev–Trinajstić information content (AvgIpc) is 2.95. The summed E-state index contributed by atoms with van der Waals surface area (Å²) < 4.78 is 3.88. The molecule has 4 rings (SSSR count). The number of aromatic nitrogens is 2. The van der Waals surface area contributed by atoms with Gasteiger partial charge in [-0.05, 0) is 49.3 Å². The van der Waals surface area contributed by atoms with Crippen molar-refractivity contribution in [3.63, 3.8) is 0 Å². The smallest absolute Gasteiger partial charge is 0.260 e. The van der Waals surface area contributed by atoms with Gasteiger partial charge in [0.25, 0.3) is 5.56 Å². The zero-order valence-corrected chi connectivity index (χ0v) is 15.3. The molecule has 0 bridgehead atoms. The van der Waals surface area contributed by atoms with Crippen LogP contribution >= 0.6 is 23.2 Å². The molecule has 3 aromatic rings. The second-order valence-electron chi connectivity index (χ2n) is 6.50. The van der Waals surface area contributed by atoms with Gasteiger partial charge in [0.15, 0.2) is 0 Å². The number of hydrogen-bond acceptors (Lipinski definition) is 2. The van der Waals surface area contributed by atoms with E-state index in [2.05, 4.69) is 9.47 Å². The predicted octanol–water partition coefficient (Wildman–Crippen LogP) is 3.86. The van der Waals surface area contributed by atoms with Crippen molar-refractivity contribution in [1.29, 1.82) is 0 Å². The highest BCUT2D eigenvalue weighted by molar-refractivity contribution is 6.42. The number of benzene rings is 1. The lowest BCUT2D eigenvalue weighted by Crippen LogP contribution is -2.40. The van der Waals surface area contributed by atoms with Crippen molar-refractivity contribution in [3.05, 3.63) is 68.7 Å². The molecule has 0 atom stereocenters. The average molecular weight is 376 g/mol. The summed E-state index contributed by atoms with van der Waals surface area (Å²) in [5, 5.41) is 1.85. The Labute approximate surface area is 156 Å². The Bertz CT molecular complexity index is 972. The second-order valence-corrected chi connectivity index (χ2v) is 7.31. The highest BCUT2D eigenvalue weighted by Gasteiger charge is 2.14. The maximum absolute atomic E-state index is 12.7. The molecule has 0 N–H and O–H groups in total. The Balaban J connectivity index is 1.59. The summed E-state index contributed by atoms with van der Waals surface area (Å²) >= 11 is 12.1. The van der Waals surface area contributed by atoms with Crippen LogP contribution in [0.15, 0.2) is 47.5 Å². The van der Waals surface area contributed by atoms with Gasteiger partial charge in [-0.25, -0.2) is 0 Å². The number of nitrogens with zero attached hydrogens (tertiary/aromatic N) is 3. The topological polar surface area (TPSA) is 30.2 Å². The molecule has 6 heteroatoms. The van der Waals surface area contributed by atoms with Crippen LogP contribution in [-0.2, 0) is 13.1 Å². The van der Waals surface area contributed by atoms with E-state index in [0.29, 0.717) is 16.6 Å². The fraction of sp³-hybridized carbons (Fsp3) is 0.316. The van der Waals surface area contributed by atoms with Gasteiger partial charge in [0.05, 0.1) is 20.9 Å². The maximum atomic E-state index is 12.7. The van der Waals surface area contributed by atoms with E-state index in [1.807, 2.05) is 41.2 Å². The summed E-state index contributed by atoms with van der Waals surface area (Å²) in [4.78, 5) is 15.1. The van der Waals surface area contributed by atoms with Crippen molar-refractivity contribution >= 4 is 34.1 Å². The van der Waals surface area contributed by atoms with Crippen LogP contribution in [0, 0.1) is 0 Å². The molecule has 0 unspecified atom stereocenters. The van der Waals surface area contributed by atoms with Gasteiger partial charge < -0.3 is 14.0 Å². The van der Waals surface area contributed by atoms with Gasteiger partial charge in [-0.3, -0.25) is 4.79 Å². The molecule has 25 heavy (non-hydrogen) atoms. The lowest BCUT2D eigenvalue weighted by molar-refractivity contribution is 0.174. The normalized spacial score (nSPS) is 14.8. The molecule has 0 spiro atoms. The van der Waals surface area contributed by atoms with Crippen molar-refractivity contribution in [2.24, 2.45) is 0 Å². The fourth-order valence-corrected chi connectivity index (χ4v) is 3.56. The lowest BCUT2D eigenvalue weighted by Gasteiger charge is -2.30. The minimum atomic E-state index is 0.0749. The van der Waals surface area contributed by atoms with E-state index >= 15 is 0 Å². The van der Waals surface area contributed by atoms with E-state index in [4.69, 9.17) is 23.2 Å². The van der Waals surface area contributed by atoms with Crippen LogP contribution in [0.25, 0.3) is 10.9 Å². The first-order valence-electron chi connectivity index (χ1n) is 8.46. The quantitative estimate of drug-likeness (QED) is 0.677. The number of likely N-dealkylation sites (tertiary alicyclic amines) is 1. The molecule has 2 aromatic heterocycles. The minimum Gasteiger partial charge on any atom is -0.343 e.